The van der Waals surface area contributed by atoms with Crippen molar-refractivity contribution in [2.75, 3.05) is 7.05 Å². The van der Waals surface area contributed by atoms with Crippen LogP contribution in [0.5, 0.6) is 0 Å². The molecule has 1 aromatic rings. The highest BCUT2D eigenvalue weighted by Gasteiger charge is 2.37. The summed E-state index contributed by atoms with van der Waals surface area (Å²) < 4.78 is 13.7. The number of benzene rings is 1. The van der Waals surface area contributed by atoms with Gasteiger partial charge in [-0.25, -0.2) is 4.39 Å². The number of halogens is 2. The summed E-state index contributed by atoms with van der Waals surface area (Å²) in [7, 11) is 1.61. The molecule has 0 bridgehead atoms. The quantitative estimate of drug-likeness (QED) is 0.812. The van der Waals surface area contributed by atoms with Gasteiger partial charge in [-0.05, 0) is 18.9 Å². The Morgan fingerprint density at radius 1 is 1.29 bits per heavy atom. The predicted octanol–water partition coefficient (Wildman–Crippen LogP) is 2.97. The second-order valence-corrected chi connectivity index (χ2v) is 4.29. The highest BCUT2D eigenvalue weighted by Crippen LogP contribution is 2.33. The van der Waals surface area contributed by atoms with Crippen molar-refractivity contribution < 1.29 is 9.50 Å². The number of aliphatic imine (C=N–C) groups is 1. The van der Waals surface area contributed by atoms with Crippen LogP contribution in [0, 0.1) is 5.82 Å². The summed E-state index contributed by atoms with van der Waals surface area (Å²) in [4.78, 5) is 4.10. The second-order valence-electron chi connectivity index (χ2n) is 4.29. The molecule has 2 nitrogen and oxygen atoms in total. The van der Waals surface area contributed by atoms with Gasteiger partial charge < -0.3 is 5.11 Å². The molecule has 1 aromatic carbocycles. The summed E-state index contributed by atoms with van der Waals surface area (Å²) in [6, 6.07) is 6.49. The standard InChI is InChI=1S/C13H16FNO.ClH/c1-15-12(13(16)8-4-5-9-13)10-6-2-3-7-11(10)14;/h2-3,6-7,16H,4-5,8-9H2,1H3;1H. The van der Waals surface area contributed by atoms with E-state index in [2.05, 4.69) is 4.99 Å². The topological polar surface area (TPSA) is 32.6 Å². The van der Waals surface area contributed by atoms with Gasteiger partial charge in [0, 0.05) is 12.6 Å². The van der Waals surface area contributed by atoms with Crippen LogP contribution in [-0.4, -0.2) is 23.5 Å². The van der Waals surface area contributed by atoms with E-state index in [1.54, 1.807) is 25.2 Å². The highest BCUT2D eigenvalue weighted by molar-refractivity contribution is 6.06. The van der Waals surface area contributed by atoms with E-state index in [0.29, 0.717) is 24.1 Å². The first-order valence-electron chi connectivity index (χ1n) is 5.62. The van der Waals surface area contributed by atoms with E-state index >= 15 is 0 Å². The molecule has 0 saturated heterocycles. The zero-order chi connectivity index (χ0) is 11.6. The van der Waals surface area contributed by atoms with Crippen molar-refractivity contribution in [2.45, 2.75) is 31.3 Å². The molecule has 1 aliphatic carbocycles. The van der Waals surface area contributed by atoms with Crippen LogP contribution >= 0.6 is 12.4 Å². The molecule has 1 N–H and O–H groups in total. The first-order chi connectivity index (χ1) is 7.67. The second kappa shape index (κ2) is 5.61. The molecule has 0 radical (unpaired) electrons. The molecule has 1 fully saturated rings. The van der Waals surface area contributed by atoms with Gasteiger partial charge in [0.05, 0.1) is 5.71 Å². The molecular weight excluding hydrogens is 241 g/mol. The SMILES string of the molecule is CN=C(c1ccccc1F)C1(O)CCCC1.Cl. The Balaban J connectivity index is 0.00000144. The molecule has 1 saturated carbocycles. The summed E-state index contributed by atoms with van der Waals surface area (Å²) in [6.45, 7) is 0. The van der Waals surface area contributed by atoms with Crippen molar-refractivity contribution in [3.8, 4) is 0 Å². The summed E-state index contributed by atoms with van der Waals surface area (Å²) in [5.41, 5.74) is -0.0192. The van der Waals surface area contributed by atoms with Crippen LogP contribution in [0.25, 0.3) is 0 Å². The molecule has 4 heteroatoms. The van der Waals surface area contributed by atoms with E-state index in [0.717, 1.165) is 12.8 Å². The summed E-state index contributed by atoms with van der Waals surface area (Å²) >= 11 is 0. The smallest absolute Gasteiger partial charge is 0.132 e. The van der Waals surface area contributed by atoms with Crippen molar-refractivity contribution in [1.29, 1.82) is 0 Å². The zero-order valence-corrected chi connectivity index (χ0v) is 10.6. The average molecular weight is 258 g/mol. The minimum absolute atomic E-state index is 0. The van der Waals surface area contributed by atoms with Gasteiger partial charge in [0.15, 0.2) is 0 Å². The van der Waals surface area contributed by atoms with E-state index in [4.69, 9.17) is 0 Å². The molecule has 0 aliphatic heterocycles. The molecule has 0 aromatic heterocycles. The Morgan fingerprint density at radius 3 is 2.41 bits per heavy atom. The van der Waals surface area contributed by atoms with Gasteiger partial charge in [-0.3, -0.25) is 4.99 Å². The van der Waals surface area contributed by atoms with Gasteiger partial charge in [0.25, 0.3) is 0 Å². The molecule has 0 amide bonds. The first-order valence-corrected chi connectivity index (χ1v) is 5.62. The van der Waals surface area contributed by atoms with Gasteiger partial charge in [0.2, 0.25) is 0 Å². The molecule has 0 heterocycles. The van der Waals surface area contributed by atoms with Crippen LogP contribution in [-0.2, 0) is 0 Å². The van der Waals surface area contributed by atoms with Crippen LogP contribution in [0.15, 0.2) is 29.3 Å². The highest BCUT2D eigenvalue weighted by atomic mass is 35.5. The monoisotopic (exact) mass is 257 g/mol. The fourth-order valence-corrected chi connectivity index (χ4v) is 2.43. The number of hydrogen-bond acceptors (Lipinski definition) is 2. The third-order valence-electron chi connectivity index (χ3n) is 3.22. The predicted molar refractivity (Wildman–Crippen MR) is 69.5 cm³/mol. The normalized spacial score (nSPS) is 18.9. The molecule has 0 unspecified atom stereocenters. The van der Waals surface area contributed by atoms with E-state index in [1.165, 1.54) is 6.07 Å². The third-order valence-corrected chi connectivity index (χ3v) is 3.22. The molecule has 1 aliphatic rings. The van der Waals surface area contributed by atoms with Gasteiger partial charge in [-0.1, -0.05) is 31.0 Å². The van der Waals surface area contributed by atoms with Crippen molar-refractivity contribution in [3.63, 3.8) is 0 Å². The number of aliphatic hydroxyl groups is 1. The van der Waals surface area contributed by atoms with Gasteiger partial charge in [-0.15, -0.1) is 12.4 Å². The number of hydrogen-bond donors (Lipinski definition) is 1. The Kier molecular flexibility index (Phi) is 4.66. The molecule has 0 atom stereocenters. The van der Waals surface area contributed by atoms with Crippen LogP contribution in [0.2, 0.25) is 0 Å². The van der Waals surface area contributed by atoms with E-state index in [9.17, 15) is 9.50 Å². The van der Waals surface area contributed by atoms with E-state index in [1.807, 2.05) is 0 Å². The maximum absolute atomic E-state index is 13.7. The maximum atomic E-state index is 13.7. The lowest BCUT2D eigenvalue weighted by atomic mass is 9.90. The molecule has 94 valence electrons. The van der Waals surface area contributed by atoms with Crippen LogP contribution in [0.4, 0.5) is 4.39 Å². The Morgan fingerprint density at radius 2 is 1.88 bits per heavy atom. The lowest BCUT2D eigenvalue weighted by Crippen LogP contribution is -2.36. The first kappa shape index (κ1) is 14.1. The summed E-state index contributed by atoms with van der Waals surface area (Å²) in [6.07, 6.45) is 3.30. The van der Waals surface area contributed by atoms with Crippen LogP contribution < -0.4 is 0 Å². The summed E-state index contributed by atoms with van der Waals surface area (Å²) in [5, 5.41) is 10.4. The Labute approximate surface area is 107 Å². The van der Waals surface area contributed by atoms with Gasteiger partial charge in [-0.2, -0.15) is 0 Å². The van der Waals surface area contributed by atoms with Crippen molar-refractivity contribution in [2.24, 2.45) is 4.99 Å². The third kappa shape index (κ3) is 2.67. The molecule has 0 spiro atoms. The number of rotatable bonds is 2. The zero-order valence-electron chi connectivity index (χ0n) is 9.82. The van der Waals surface area contributed by atoms with Crippen molar-refractivity contribution in [1.82, 2.24) is 0 Å². The van der Waals surface area contributed by atoms with Gasteiger partial charge in [0.1, 0.15) is 11.4 Å². The molecule has 17 heavy (non-hydrogen) atoms. The lowest BCUT2D eigenvalue weighted by molar-refractivity contribution is 0.120. The lowest BCUT2D eigenvalue weighted by Gasteiger charge is -2.24. The average Bonchev–Trinajstić information content (AvgIpc) is 2.70. The van der Waals surface area contributed by atoms with Crippen molar-refractivity contribution >= 4 is 18.1 Å². The fourth-order valence-electron chi connectivity index (χ4n) is 2.43. The van der Waals surface area contributed by atoms with Crippen LogP contribution in [0.1, 0.15) is 31.2 Å². The van der Waals surface area contributed by atoms with Crippen LogP contribution in [0.3, 0.4) is 0 Å². The maximum Gasteiger partial charge on any atom is 0.132 e. The van der Waals surface area contributed by atoms with E-state index < -0.39 is 5.60 Å². The minimum atomic E-state index is -0.934. The molecular formula is C13H17ClFNO. The minimum Gasteiger partial charge on any atom is -0.384 e. The molecule has 2 rings (SSSR count). The van der Waals surface area contributed by atoms with E-state index in [-0.39, 0.29) is 18.2 Å². The van der Waals surface area contributed by atoms with Crippen molar-refractivity contribution in [3.05, 3.63) is 35.6 Å². The number of nitrogens with zero attached hydrogens (tertiary/aromatic N) is 1. The Bertz CT molecular complexity index is 414. The Hall–Kier alpha value is -0.930. The van der Waals surface area contributed by atoms with Gasteiger partial charge >= 0.3 is 0 Å². The fraction of sp³-hybridized carbons (Fsp3) is 0.462. The summed E-state index contributed by atoms with van der Waals surface area (Å²) in [5.74, 6) is -0.316. The largest absolute Gasteiger partial charge is 0.384 e.